The quantitative estimate of drug-likeness (QED) is 0.481. The van der Waals surface area contributed by atoms with Gasteiger partial charge in [0.15, 0.2) is 16.4 Å². The molecule has 10 heteroatoms. The molecule has 3 heterocycles. The number of aryl methyl sites for hydroxylation is 1. The monoisotopic (exact) mass is 499 g/mol. The van der Waals surface area contributed by atoms with E-state index in [0.29, 0.717) is 29.8 Å². The summed E-state index contributed by atoms with van der Waals surface area (Å²) in [7, 11) is -3.83. The van der Waals surface area contributed by atoms with Crippen LogP contribution in [0.4, 0.5) is 5.69 Å². The van der Waals surface area contributed by atoms with Gasteiger partial charge in [0.05, 0.1) is 0 Å². The van der Waals surface area contributed by atoms with Crippen LogP contribution in [0, 0.1) is 12.8 Å². The summed E-state index contributed by atoms with van der Waals surface area (Å²) in [6.07, 6.45) is 4.19. The Kier molecular flexibility index (Phi) is 7.11. The number of aromatic nitrogens is 1. The second-order valence-corrected chi connectivity index (χ2v) is 11.0. The van der Waals surface area contributed by atoms with E-state index >= 15 is 0 Å². The van der Waals surface area contributed by atoms with Crippen LogP contribution in [0.3, 0.4) is 0 Å². The molecule has 0 radical (unpaired) electrons. The minimum atomic E-state index is -3.83. The van der Waals surface area contributed by atoms with Crippen LogP contribution in [0.1, 0.15) is 46.5 Å². The van der Waals surface area contributed by atoms with Gasteiger partial charge in [-0.25, -0.2) is 8.42 Å². The summed E-state index contributed by atoms with van der Waals surface area (Å²) in [6, 6.07) is 10.6. The summed E-state index contributed by atoms with van der Waals surface area (Å²) < 4.78 is 33.4. The number of anilines is 1. The van der Waals surface area contributed by atoms with Crippen molar-refractivity contribution in [3.05, 3.63) is 63.7 Å². The molecule has 0 bridgehead atoms. The van der Waals surface area contributed by atoms with Crippen LogP contribution in [-0.4, -0.2) is 42.7 Å². The lowest BCUT2D eigenvalue weighted by atomic mass is 9.97. The van der Waals surface area contributed by atoms with E-state index in [1.807, 2.05) is 17.5 Å². The smallest absolute Gasteiger partial charge is 0.248 e. The summed E-state index contributed by atoms with van der Waals surface area (Å²) in [5.74, 6) is -0.396. The van der Waals surface area contributed by atoms with Crippen molar-refractivity contribution in [2.45, 2.75) is 31.6 Å². The lowest BCUT2D eigenvalue weighted by Crippen LogP contribution is -2.41. The number of rotatable bonds is 7. The maximum Gasteiger partial charge on any atom is 0.248 e. The van der Waals surface area contributed by atoms with Gasteiger partial charge < -0.3 is 9.84 Å². The number of benzene rings is 1. The van der Waals surface area contributed by atoms with Gasteiger partial charge in [-0.3, -0.25) is 9.59 Å². The van der Waals surface area contributed by atoms with Crippen LogP contribution in [0.2, 0.25) is 0 Å². The van der Waals surface area contributed by atoms with Crippen LogP contribution in [0.15, 0.2) is 51.2 Å². The summed E-state index contributed by atoms with van der Waals surface area (Å²) in [5, 5.41) is 8.65. The molecule has 3 aromatic rings. The second-order valence-electron chi connectivity index (χ2n) is 8.11. The molecule has 0 spiro atoms. The van der Waals surface area contributed by atoms with Gasteiger partial charge in [0.2, 0.25) is 15.9 Å². The van der Waals surface area contributed by atoms with Crippen molar-refractivity contribution in [3.63, 3.8) is 0 Å². The number of ketones is 1. The molecule has 34 heavy (non-hydrogen) atoms. The molecule has 0 unspecified atom stereocenters. The average molecular weight is 500 g/mol. The molecular formula is C24H25N3O5S2. The van der Waals surface area contributed by atoms with Crippen LogP contribution < -0.4 is 5.32 Å². The Balaban J connectivity index is 1.43. The summed E-state index contributed by atoms with van der Waals surface area (Å²) >= 11 is 1.53. The fraction of sp³-hybridized carbons (Fsp3) is 0.292. The molecule has 2 aromatic heterocycles. The third-order valence-corrected chi connectivity index (χ3v) is 8.63. The Morgan fingerprint density at radius 3 is 2.62 bits per heavy atom. The summed E-state index contributed by atoms with van der Waals surface area (Å²) in [6.45, 7) is 3.51. The zero-order chi connectivity index (χ0) is 24.3. The van der Waals surface area contributed by atoms with E-state index in [0.717, 1.165) is 4.88 Å². The first-order valence-corrected chi connectivity index (χ1v) is 13.2. The molecule has 1 N–H and O–H groups in total. The van der Waals surface area contributed by atoms with Gasteiger partial charge in [-0.05, 0) is 62.4 Å². The molecule has 1 aliphatic rings. The Morgan fingerprint density at radius 1 is 1.18 bits per heavy atom. The standard InChI is InChI=1S/C24H25N3O5S2/c1-16-23(22(32-26-16)9-8-21-7-4-14-33-21)34(30,31)27-12-10-18(11-13-27)24(29)25-20-6-3-5-19(15-20)17(2)28/h3-9,14-15,18H,10-13H2,1-2H3,(H,25,29)/b9-8+. The first kappa shape index (κ1) is 24.1. The van der Waals surface area contributed by atoms with Crippen molar-refractivity contribution in [3.8, 4) is 0 Å². The Morgan fingerprint density at radius 2 is 1.94 bits per heavy atom. The van der Waals surface area contributed by atoms with Gasteiger partial charge in [0.25, 0.3) is 0 Å². The predicted octanol–water partition coefficient (Wildman–Crippen LogP) is 4.46. The number of carbonyl (C=O) groups is 2. The molecule has 1 aromatic carbocycles. The highest BCUT2D eigenvalue weighted by Crippen LogP contribution is 2.30. The number of carbonyl (C=O) groups excluding carboxylic acids is 2. The normalized spacial score (nSPS) is 15.6. The van der Waals surface area contributed by atoms with E-state index in [-0.39, 0.29) is 41.4 Å². The highest BCUT2D eigenvalue weighted by molar-refractivity contribution is 7.89. The van der Waals surface area contributed by atoms with Crippen molar-refractivity contribution in [2.75, 3.05) is 18.4 Å². The van der Waals surface area contributed by atoms with Gasteiger partial charge >= 0.3 is 0 Å². The molecule has 1 amide bonds. The van der Waals surface area contributed by atoms with Crippen LogP contribution in [0.25, 0.3) is 12.2 Å². The van der Waals surface area contributed by atoms with Crippen molar-refractivity contribution in [2.24, 2.45) is 5.92 Å². The fourth-order valence-electron chi connectivity index (χ4n) is 3.89. The largest absolute Gasteiger partial charge is 0.355 e. The number of sulfonamides is 1. The van der Waals surface area contributed by atoms with Gasteiger partial charge in [0, 0.05) is 35.1 Å². The topological polar surface area (TPSA) is 110 Å². The number of hydrogen-bond acceptors (Lipinski definition) is 7. The third kappa shape index (κ3) is 5.19. The first-order valence-electron chi connectivity index (χ1n) is 10.9. The van der Waals surface area contributed by atoms with Crippen LogP contribution in [-0.2, 0) is 14.8 Å². The van der Waals surface area contributed by atoms with Crippen molar-refractivity contribution in [1.82, 2.24) is 9.46 Å². The average Bonchev–Trinajstić information content (AvgIpc) is 3.47. The molecule has 178 valence electrons. The van der Waals surface area contributed by atoms with E-state index in [1.54, 1.807) is 43.3 Å². The van der Waals surface area contributed by atoms with Crippen molar-refractivity contribution >= 4 is 50.9 Å². The molecule has 1 aliphatic heterocycles. The maximum absolute atomic E-state index is 13.4. The first-order chi connectivity index (χ1) is 16.3. The van der Waals surface area contributed by atoms with Crippen molar-refractivity contribution < 1.29 is 22.5 Å². The highest BCUT2D eigenvalue weighted by atomic mass is 32.2. The van der Waals surface area contributed by atoms with E-state index in [9.17, 15) is 18.0 Å². The van der Waals surface area contributed by atoms with E-state index < -0.39 is 10.0 Å². The van der Waals surface area contributed by atoms with Crippen molar-refractivity contribution in [1.29, 1.82) is 0 Å². The molecular weight excluding hydrogens is 474 g/mol. The molecule has 1 saturated heterocycles. The van der Waals surface area contributed by atoms with E-state index in [2.05, 4.69) is 10.5 Å². The number of nitrogens with one attached hydrogen (secondary N) is 1. The Hall–Kier alpha value is -3.08. The Bertz CT molecular complexity index is 1320. The fourth-order valence-corrected chi connectivity index (χ4v) is 6.23. The lowest BCUT2D eigenvalue weighted by molar-refractivity contribution is -0.120. The molecule has 4 rings (SSSR count). The molecule has 0 aliphatic carbocycles. The van der Waals surface area contributed by atoms with Crippen LogP contribution in [0.5, 0.6) is 0 Å². The SMILES string of the molecule is CC(=O)c1cccc(NC(=O)C2CCN(S(=O)(=O)c3c(C)noc3/C=C/c3cccs3)CC2)c1. The summed E-state index contributed by atoms with van der Waals surface area (Å²) in [4.78, 5) is 25.3. The number of Topliss-reactive ketones (excluding diaryl/α,β-unsaturated/α-hetero) is 1. The highest BCUT2D eigenvalue weighted by Gasteiger charge is 2.36. The molecule has 0 saturated carbocycles. The number of nitrogens with zero attached hydrogens (tertiary/aromatic N) is 2. The Labute approximate surface area is 202 Å². The van der Waals surface area contributed by atoms with E-state index in [4.69, 9.17) is 4.52 Å². The van der Waals surface area contributed by atoms with Gasteiger partial charge in [-0.2, -0.15) is 4.31 Å². The molecule has 1 fully saturated rings. The number of hydrogen-bond donors (Lipinski definition) is 1. The third-order valence-electron chi connectivity index (χ3n) is 5.73. The zero-order valence-electron chi connectivity index (χ0n) is 18.9. The maximum atomic E-state index is 13.4. The predicted molar refractivity (Wildman–Crippen MR) is 131 cm³/mol. The van der Waals surface area contributed by atoms with Gasteiger partial charge in [0.1, 0.15) is 5.69 Å². The minimum Gasteiger partial charge on any atom is -0.355 e. The van der Waals surface area contributed by atoms with Gasteiger partial charge in [-0.1, -0.05) is 23.4 Å². The number of thiophene rings is 1. The van der Waals surface area contributed by atoms with Crippen LogP contribution >= 0.6 is 11.3 Å². The molecule has 0 atom stereocenters. The van der Waals surface area contributed by atoms with E-state index in [1.165, 1.54) is 22.6 Å². The molecule has 8 nitrogen and oxygen atoms in total. The lowest BCUT2D eigenvalue weighted by Gasteiger charge is -2.30. The number of piperidine rings is 1. The van der Waals surface area contributed by atoms with Gasteiger partial charge in [-0.15, -0.1) is 11.3 Å². The number of amides is 1. The second kappa shape index (κ2) is 10.0. The summed E-state index contributed by atoms with van der Waals surface area (Å²) in [5.41, 5.74) is 1.37. The zero-order valence-corrected chi connectivity index (χ0v) is 20.5. The minimum absolute atomic E-state index is 0.0595.